The fourth-order valence-electron chi connectivity index (χ4n) is 0.921. The lowest BCUT2D eigenvalue weighted by Gasteiger charge is -2.03. The van der Waals surface area contributed by atoms with Gasteiger partial charge in [-0.2, -0.15) is 4.98 Å². The van der Waals surface area contributed by atoms with Crippen LogP contribution in [0, 0.1) is 0 Å². The fraction of sp³-hybridized carbons (Fsp3) is 0.375. The summed E-state index contributed by atoms with van der Waals surface area (Å²) in [5.41, 5.74) is 10.4. The third kappa shape index (κ3) is 3.70. The zero-order chi connectivity index (χ0) is 10.4. The van der Waals surface area contributed by atoms with Crippen molar-refractivity contribution in [3.8, 4) is 0 Å². The molecule has 1 rings (SSSR count). The Hall–Kier alpha value is -1.85. The molecule has 0 unspecified atom stereocenters. The smallest absolute Gasteiger partial charge is 0.224 e. The summed E-state index contributed by atoms with van der Waals surface area (Å²) in [6.07, 6.45) is 2.58. The summed E-state index contributed by atoms with van der Waals surface area (Å²) in [6, 6.07) is 1.61. The number of nitrogens with two attached hydrogens (primary N) is 2. The van der Waals surface area contributed by atoms with Gasteiger partial charge in [0, 0.05) is 19.2 Å². The largest absolute Gasteiger partial charge is 0.384 e. The monoisotopic (exact) mass is 195 g/mol. The van der Waals surface area contributed by atoms with Gasteiger partial charge in [0.05, 0.1) is 0 Å². The van der Waals surface area contributed by atoms with E-state index in [9.17, 15) is 4.79 Å². The number of primary amides is 1. The number of hydrogen-bond acceptors (Lipinski definition) is 5. The van der Waals surface area contributed by atoms with Crippen molar-refractivity contribution in [2.75, 3.05) is 17.6 Å². The Bertz CT molecular complexity index is 314. The summed E-state index contributed by atoms with van der Waals surface area (Å²) in [7, 11) is 0. The summed E-state index contributed by atoms with van der Waals surface area (Å²) < 4.78 is 0. The molecule has 5 N–H and O–H groups in total. The van der Waals surface area contributed by atoms with Gasteiger partial charge in [-0.25, -0.2) is 4.98 Å². The van der Waals surface area contributed by atoms with Crippen molar-refractivity contribution in [2.24, 2.45) is 5.73 Å². The highest BCUT2D eigenvalue weighted by Gasteiger charge is 1.97. The van der Waals surface area contributed by atoms with Crippen molar-refractivity contribution in [3.63, 3.8) is 0 Å². The zero-order valence-corrected chi connectivity index (χ0v) is 7.73. The minimum atomic E-state index is -0.305. The first-order valence-electron chi connectivity index (χ1n) is 4.29. The second kappa shape index (κ2) is 5.00. The van der Waals surface area contributed by atoms with Crippen LogP contribution < -0.4 is 16.8 Å². The zero-order valence-electron chi connectivity index (χ0n) is 7.73. The summed E-state index contributed by atoms with van der Waals surface area (Å²) in [5, 5.41) is 2.93. The van der Waals surface area contributed by atoms with Gasteiger partial charge in [0.2, 0.25) is 11.9 Å². The molecule has 0 saturated heterocycles. The van der Waals surface area contributed by atoms with Crippen molar-refractivity contribution in [3.05, 3.63) is 12.3 Å². The molecule has 6 heteroatoms. The van der Waals surface area contributed by atoms with Crippen molar-refractivity contribution < 1.29 is 4.79 Å². The molecule has 1 heterocycles. The van der Waals surface area contributed by atoms with Crippen LogP contribution in [0.25, 0.3) is 0 Å². The van der Waals surface area contributed by atoms with Gasteiger partial charge in [0.25, 0.3) is 0 Å². The van der Waals surface area contributed by atoms with E-state index in [1.807, 2.05) is 0 Å². The number of carbonyl (C=O) groups is 1. The van der Waals surface area contributed by atoms with Crippen LogP contribution in [0.3, 0.4) is 0 Å². The van der Waals surface area contributed by atoms with Crippen LogP contribution in [0.5, 0.6) is 0 Å². The molecule has 76 valence electrons. The second-order valence-corrected chi connectivity index (χ2v) is 2.80. The molecule has 6 nitrogen and oxygen atoms in total. The average molecular weight is 195 g/mol. The first-order chi connectivity index (χ1) is 6.68. The van der Waals surface area contributed by atoms with E-state index >= 15 is 0 Å². The molecule has 0 aromatic carbocycles. The molecular formula is C8H13N5O. The Morgan fingerprint density at radius 1 is 1.57 bits per heavy atom. The predicted molar refractivity (Wildman–Crippen MR) is 53.4 cm³/mol. The van der Waals surface area contributed by atoms with E-state index in [1.54, 1.807) is 12.3 Å². The van der Waals surface area contributed by atoms with Crippen molar-refractivity contribution in [1.29, 1.82) is 0 Å². The molecular weight excluding hydrogens is 182 g/mol. The van der Waals surface area contributed by atoms with Crippen LogP contribution in [0.2, 0.25) is 0 Å². The maximum Gasteiger partial charge on any atom is 0.224 e. The second-order valence-electron chi connectivity index (χ2n) is 2.80. The minimum absolute atomic E-state index is 0.305. The number of anilines is 2. The van der Waals surface area contributed by atoms with Crippen LogP contribution in [0.1, 0.15) is 12.8 Å². The molecule has 0 fully saturated rings. The molecule has 14 heavy (non-hydrogen) atoms. The fourth-order valence-corrected chi connectivity index (χ4v) is 0.921. The Balaban J connectivity index is 2.28. The maximum atomic E-state index is 10.4. The third-order valence-electron chi connectivity index (χ3n) is 1.56. The van der Waals surface area contributed by atoms with Crippen LogP contribution >= 0.6 is 0 Å². The van der Waals surface area contributed by atoms with Crippen molar-refractivity contribution >= 4 is 17.7 Å². The first-order valence-corrected chi connectivity index (χ1v) is 4.29. The third-order valence-corrected chi connectivity index (χ3v) is 1.56. The van der Waals surface area contributed by atoms with E-state index in [1.165, 1.54) is 0 Å². The molecule has 0 aliphatic heterocycles. The summed E-state index contributed by atoms with van der Waals surface area (Å²) in [4.78, 5) is 18.3. The van der Waals surface area contributed by atoms with E-state index in [0.717, 1.165) is 0 Å². The minimum Gasteiger partial charge on any atom is -0.384 e. The predicted octanol–water partition coefficient (Wildman–Crippen LogP) is -0.264. The van der Waals surface area contributed by atoms with E-state index < -0.39 is 0 Å². The number of carbonyl (C=O) groups excluding carboxylic acids is 1. The molecule has 0 aliphatic rings. The SMILES string of the molecule is NC(=O)CCCNc1nccc(N)n1. The maximum absolute atomic E-state index is 10.4. The molecule has 0 atom stereocenters. The summed E-state index contributed by atoms with van der Waals surface area (Å²) in [6.45, 7) is 0.604. The Morgan fingerprint density at radius 3 is 3.00 bits per heavy atom. The summed E-state index contributed by atoms with van der Waals surface area (Å²) >= 11 is 0. The number of rotatable bonds is 5. The Labute approximate surface area is 81.7 Å². The standard InChI is InChI=1S/C8H13N5O/c9-6-3-5-12-8(13-6)11-4-1-2-7(10)14/h3,5H,1-2,4H2,(H2,10,14)(H3,9,11,12,13). The van der Waals surface area contributed by atoms with Gasteiger partial charge < -0.3 is 16.8 Å². The lowest BCUT2D eigenvalue weighted by molar-refractivity contribution is -0.118. The number of amides is 1. The van der Waals surface area contributed by atoms with Gasteiger partial charge in [-0.15, -0.1) is 0 Å². The Kier molecular flexibility index (Phi) is 3.66. The quantitative estimate of drug-likeness (QED) is 0.561. The molecule has 0 aliphatic carbocycles. The first kappa shape index (κ1) is 10.2. The normalized spacial score (nSPS) is 9.71. The highest BCUT2D eigenvalue weighted by Crippen LogP contribution is 2.01. The number of aromatic nitrogens is 2. The van der Waals surface area contributed by atoms with Gasteiger partial charge in [-0.1, -0.05) is 0 Å². The van der Waals surface area contributed by atoms with E-state index in [4.69, 9.17) is 11.5 Å². The number of nitrogens with zero attached hydrogens (tertiary/aromatic N) is 2. The van der Waals surface area contributed by atoms with Crippen molar-refractivity contribution in [2.45, 2.75) is 12.8 Å². The molecule has 1 amide bonds. The van der Waals surface area contributed by atoms with Gasteiger partial charge in [0.1, 0.15) is 5.82 Å². The molecule has 1 aromatic heterocycles. The highest BCUT2D eigenvalue weighted by molar-refractivity contribution is 5.73. The van der Waals surface area contributed by atoms with Crippen LogP contribution in [-0.2, 0) is 4.79 Å². The summed E-state index contributed by atoms with van der Waals surface area (Å²) in [5.74, 6) is 0.576. The Morgan fingerprint density at radius 2 is 2.36 bits per heavy atom. The molecule has 0 bridgehead atoms. The number of hydrogen-bond donors (Lipinski definition) is 3. The van der Waals surface area contributed by atoms with E-state index in [-0.39, 0.29) is 5.91 Å². The van der Waals surface area contributed by atoms with E-state index in [0.29, 0.717) is 31.2 Å². The van der Waals surface area contributed by atoms with Crippen LogP contribution in [-0.4, -0.2) is 22.4 Å². The van der Waals surface area contributed by atoms with Crippen LogP contribution in [0.15, 0.2) is 12.3 Å². The molecule has 0 spiro atoms. The van der Waals surface area contributed by atoms with E-state index in [2.05, 4.69) is 15.3 Å². The highest BCUT2D eigenvalue weighted by atomic mass is 16.1. The van der Waals surface area contributed by atoms with Gasteiger partial charge in [0.15, 0.2) is 0 Å². The topological polar surface area (TPSA) is 107 Å². The van der Waals surface area contributed by atoms with Crippen molar-refractivity contribution in [1.82, 2.24) is 9.97 Å². The van der Waals surface area contributed by atoms with Gasteiger partial charge in [-0.05, 0) is 12.5 Å². The van der Waals surface area contributed by atoms with Gasteiger partial charge in [-0.3, -0.25) is 4.79 Å². The van der Waals surface area contributed by atoms with Crippen LogP contribution in [0.4, 0.5) is 11.8 Å². The number of nitrogen functional groups attached to an aromatic ring is 1. The molecule has 0 radical (unpaired) electrons. The lowest BCUT2D eigenvalue weighted by Crippen LogP contribution is -2.13. The van der Waals surface area contributed by atoms with Gasteiger partial charge >= 0.3 is 0 Å². The number of nitrogens with one attached hydrogen (secondary N) is 1. The lowest BCUT2D eigenvalue weighted by atomic mass is 10.3. The molecule has 1 aromatic rings. The average Bonchev–Trinajstić information content (AvgIpc) is 2.12. The molecule has 0 saturated carbocycles.